The van der Waals surface area contributed by atoms with Crippen LogP contribution in [0.1, 0.15) is 29.3 Å². The molecular weight excluding hydrogens is 288 g/mol. The van der Waals surface area contributed by atoms with Gasteiger partial charge >= 0.3 is 0 Å². The number of hydrogen-bond acceptors (Lipinski definition) is 3. The summed E-state index contributed by atoms with van der Waals surface area (Å²) >= 11 is 8.04. The molecule has 3 rings (SSSR count). The van der Waals surface area contributed by atoms with Crippen LogP contribution in [-0.4, -0.2) is 10.7 Å². The molecule has 2 nitrogen and oxygen atoms in total. The molecule has 1 aliphatic heterocycles. The summed E-state index contributed by atoms with van der Waals surface area (Å²) < 4.78 is 0. The third-order valence-electron chi connectivity index (χ3n) is 3.51. The summed E-state index contributed by atoms with van der Waals surface area (Å²) in [5.74, 6) is 1.15. The van der Waals surface area contributed by atoms with Crippen LogP contribution in [-0.2, 0) is 6.54 Å². The summed E-state index contributed by atoms with van der Waals surface area (Å²) in [7, 11) is 0. The molecule has 104 valence electrons. The molecule has 2 heterocycles. The number of pyridine rings is 1. The SMILES string of the molecule is Cc1ccc(CNC2CCSc3ccc(Cl)cc32)nc1. The number of aryl methyl sites for hydroxylation is 1. The number of aromatic nitrogens is 1. The monoisotopic (exact) mass is 304 g/mol. The van der Waals surface area contributed by atoms with E-state index in [9.17, 15) is 0 Å². The summed E-state index contributed by atoms with van der Waals surface area (Å²) in [6, 6.07) is 10.7. The van der Waals surface area contributed by atoms with Gasteiger partial charge in [0, 0.05) is 28.7 Å². The van der Waals surface area contributed by atoms with Crippen molar-refractivity contribution < 1.29 is 0 Å². The van der Waals surface area contributed by atoms with Gasteiger partial charge in [0.25, 0.3) is 0 Å². The first-order chi connectivity index (χ1) is 9.72. The van der Waals surface area contributed by atoms with Gasteiger partial charge in [-0.1, -0.05) is 17.7 Å². The second-order valence-corrected chi connectivity index (χ2v) is 6.65. The molecule has 20 heavy (non-hydrogen) atoms. The van der Waals surface area contributed by atoms with Crippen molar-refractivity contribution in [2.24, 2.45) is 0 Å². The highest BCUT2D eigenvalue weighted by molar-refractivity contribution is 7.99. The zero-order valence-corrected chi connectivity index (χ0v) is 13.0. The Balaban J connectivity index is 1.73. The molecule has 1 N–H and O–H groups in total. The van der Waals surface area contributed by atoms with E-state index in [2.05, 4.69) is 41.5 Å². The van der Waals surface area contributed by atoms with Crippen LogP contribution in [0.15, 0.2) is 41.4 Å². The van der Waals surface area contributed by atoms with Crippen molar-refractivity contribution >= 4 is 23.4 Å². The van der Waals surface area contributed by atoms with Gasteiger partial charge < -0.3 is 5.32 Å². The van der Waals surface area contributed by atoms with Gasteiger partial charge in [0.1, 0.15) is 0 Å². The number of hydrogen-bond donors (Lipinski definition) is 1. The van der Waals surface area contributed by atoms with Crippen molar-refractivity contribution in [3.8, 4) is 0 Å². The zero-order chi connectivity index (χ0) is 13.9. The largest absolute Gasteiger partial charge is 0.304 e. The van der Waals surface area contributed by atoms with Crippen molar-refractivity contribution in [2.45, 2.75) is 30.8 Å². The normalized spacial score (nSPS) is 17.8. The maximum atomic E-state index is 6.13. The Kier molecular flexibility index (Phi) is 4.29. The van der Waals surface area contributed by atoms with Crippen molar-refractivity contribution in [2.75, 3.05) is 5.75 Å². The van der Waals surface area contributed by atoms with E-state index in [1.165, 1.54) is 16.0 Å². The van der Waals surface area contributed by atoms with Crippen molar-refractivity contribution in [3.05, 3.63) is 58.4 Å². The average Bonchev–Trinajstić information content (AvgIpc) is 2.47. The average molecular weight is 305 g/mol. The predicted octanol–water partition coefficient (Wildman–Crippen LogP) is 4.37. The number of halogens is 1. The van der Waals surface area contributed by atoms with Gasteiger partial charge in [0.05, 0.1) is 5.69 Å². The number of nitrogens with one attached hydrogen (secondary N) is 1. The number of benzene rings is 1. The van der Waals surface area contributed by atoms with E-state index >= 15 is 0 Å². The van der Waals surface area contributed by atoms with Crippen LogP contribution in [0.5, 0.6) is 0 Å². The highest BCUT2D eigenvalue weighted by atomic mass is 35.5. The number of thioether (sulfide) groups is 1. The first-order valence-electron chi connectivity index (χ1n) is 6.79. The molecule has 0 radical (unpaired) electrons. The lowest BCUT2D eigenvalue weighted by atomic mass is 10.0. The van der Waals surface area contributed by atoms with E-state index in [1.54, 1.807) is 0 Å². The molecule has 0 saturated carbocycles. The standard InChI is InChI=1S/C16H17ClN2S/c1-11-2-4-13(18-9-11)10-19-15-6-7-20-16-5-3-12(17)8-14(15)16/h2-5,8-9,15,19H,6-7,10H2,1H3. The van der Waals surface area contributed by atoms with Crippen molar-refractivity contribution in [3.63, 3.8) is 0 Å². The van der Waals surface area contributed by atoms with Gasteiger partial charge in [-0.3, -0.25) is 4.98 Å². The van der Waals surface area contributed by atoms with Crippen molar-refractivity contribution in [1.82, 2.24) is 10.3 Å². The fourth-order valence-corrected chi connectivity index (χ4v) is 3.69. The van der Waals surface area contributed by atoms with E-state index in [0.717, 1.165) is 29.4 Å². The van der Waals surface area contributed by atoms with Gasteiger partial charge in [-0.25, -0.2) is 0 Å². The Labute approximate surface area is 129 Å². The molecule has 0 saturated heterocycles. The molecule has 1 atom stereocenters. The Morgan fingerprint density at radius 2 is 2.25 bits per heavy atom. The molecular formula is C16H17ClN2S. The van der Waals surface area contributed by atoms with Gasteiger partial charge in [0.2, 0.25) is 0 Å². The summed E-state index contributed by atoms with van der Waals surface area (Å²) in [6.45, 7) is 2.85. The highest BCUT2D eigenvalue weighted by Gasteiger charge is 2.20. The van der Waals surface area contributed by atoms with Crippen LogP contribution in [0, 0.1) is 6.92 Å². The lowest BCUT2D eigenvalue weighted by Crippen LogP contribution is -2.24. The maximum absolute atomic E-state index is 6.13. The summed E-state index contributed by atoms with van der Waals surface area (Å²) in [6.07, 6.45) is 3.04. The summed E-state index contributed by atoms with van der Waals surface area (Å²) in [5.41, 5.74) is 3.60. The predicted molar refractivity (Wildman–Crippen MR) is 85.3 cm³/mol. The smallest absolute Gasteiger partial charge is 0.0542 e. The number of fused-ring (bicyclic) bond motifs is 1. The van der Waals surface area contributed by atoms with Crippen LogP contribution in [0.3, 0.4) is 0 Å². The second-order valence-electron chi connectivity index (χ2n) is 5.08. The molecule has 0 spiro atoms. The molecule has 4 heteroatoms. The molecule has 0 bridgehead atoms. The molecule has 0 amide bonds. The second kappa shape index (κ2) is 6.17. The van der Waals surface area contributed by atoms with E-state index in [0.29, 0.717) is 6.04 Å². The fourth-order valence-electron chi connectivity index (χ4n) is 2.41. The van der Waals surface area contributed by atoms with Gasteiger partial charge in [0.15, 0.2) is 0 Å². The Morgan fingerprint density at radius 1 is 1.35 bits per heavy atom. The fraction of sp³-hybridized carbons (Fsp3) is 0.312. The molecule has 0 aliphatic carbocycles. The summed E-state index contributed by atoms with van der Waals surface area (Å²) in [5, 5.41) is 4.42. The minimum absolute atomic E-state index is 0.369. The molecule has 0 fully saturated rings. The maximum Gasteiger partial charge on any atom is 0.0542 e. The molecule has 1 aromatic heterocycles. The van der Waals surface area contributed by atoms with E-state index in [1.807, 2.05) is 24.0 Å². The van der Waals surface area contributed by atoms with Gasteiger partial charge in [-0.05, 0) is 54.5 Å². The van der Waals surface area contributed by atoms with Crippen LogP contribution in [0.2, 0.25) is 5.02 Å². The van der Waals surface area contributed by atoms with Crippen LogP contribution in [0.4, 0.5) is 0 Å². The van der Waals surface area contributed by atoms with E-state index < -0.39 is 0 Å². The lowest BCUT2D eigenvalue weighted by Gasteiger charge is -2.26. The minimum atomic E-state index is 0.369. The third kappa shape index (κ3) is 3.17. The first kappa shape index (κ1) is 13.9. The minimum Gasteiger partial charge on any atom is -0.304 e. The first-order valence-corrected chi connectivity index (χ1v) is 8.16. The Bertz CT molecular complexity index is 598. The number of rotatable bonds is 3. The summed E-state index contributed by atoms with van der Waals surface area (Å²) in [4.78, 5) is 5.79. The Morgan fingerprint density at radius 3 is 3.05 bits per heavy atom. The van der Waals surface area contributed by atoms with E-state index in [4.69, 9.17) is 11.6 Å². The molecule has 1 aromatic carbocycles. The Hall–Kier alpha value is -1.03. The zero-order valence-electron chi connectivity index (χ0n) is 11.4. The van der Waals surface area contributed by atoms with Crippen molar-refractivity contribution in [1.29, 1.82) is 0 Å². The van der Waals surface area contributed by atoms with E-state index in [-0.39, 0.29) is 0 Å². The third-order valence-corrected chi connectivity index (χ3v) is 4.87. The molecule has 1 unspecified atom stereocenters. The van der Waals surface area contributed by atoms with Crippen LogP contribution >= 0.6 is 23.4 Å². The lowest BCUT2D eigenvalue weighted by molar-refractivity contribution is 0.505. The van der Waals surface area contributed by atoms with Crippen LogP contribution < -0.4 is 5.32 Å². The van der Waals surface area contributed by atoms with Gasteiger partial charge in [-0.15, -0.1) is 11.8 Å². The van der Waals surface area contributed by atoms with Crippen LogP contribution in [0.25, 0.3) is 0 Å². The molecule has 1 aliphatic rings. The molecule has 2 aromatic rings. The van der Waals surface area contributed by atoms with Gasteiger partial charge in [-0.2, -0.15) is 0 Å². The number of nitrogens with zero attached hydrogens (tertiary/aromatic N) is 1. The quantitative estimate of drug-likeness (QED) is 0.911. The topological polar surface area (TPSA) is 24.9 Å². The highest BCUT2D eigenvalue weighted by Crippen LogP contribution is 2.37.